The molecule has 1 fully saturated rings. The Kier molecular flexibility index (Phi) is 4.74. The van der Waals surface area contributed by atoms with E-state index in [-0.39, 0.29) is 5.92 Å². The Balaban J connectivity index is 1.94. The topological polar surface area (TPSA) is 23.8 Å². The van der Waals surface area contributed by atoms with Gasteiger partial charge >= 0.3 is 0 Å². The van der Waals surface area contributed by atoms with Gasteiger partial charge in [-0.05, 0) is 61.1 Å². The van der Waals surface area contributed by atoms with E-state index in [4.69, 9.17) is 5.26 Å². The first-order chi connectivity index (χ1) is 9.22. The summed E-state index contributed by atoms with van der Waals surface area (Å²) < 4.78 is 12.9. The van der Waals surface area contributed by atoms with Crippen LogP contribution in [0.3, 0.4) is 0 Å². The van der Waals surface area contributed by atoms with Crippen molar-refractivity contribution >= 4 is 0 Å². The van der Waals surface area contributed by atoms with Crippen molar-refractivity contribution in [3.63, 3.8) is 0 Å². The van der Waals surface area contributed by atoms with Gasteiger partial charge in [0, 0.05) is 0 Å². The van der Waals surface area contributed by atoms with Gasteiger partial charge in [-0.1, -0.05) is 31.2 Å². The van der Waals surface area contributed by atoms with Crippen molar-refractivity contribution in [3.05, 3.63) is 47.3 Å². The zero-order valence-corrected chi connectivity index (χ0v) is 11.4. The lowest BCUT2D eigenvalue weighted by Gasteiger charge is -2.27. The van der Waals surface area contributed by atoms with Gasteiger partial charge in [-0.3, -0.25) is 0 Å². The molecular weight excluding hydrogens is 237 g/mol. The largest absolute Gasteiger partial charge is 0.196 e. The fourth-order valence-electron chi connectivity index (χ4n) is 2.89. The van der Waals surface area contributed by atoms with Crippen molar-refractivity contribution in [1.29, 1.82) is 5.26 Å². The first kappa shape index (κ1) is 13.8. The molecule has 1 aromatic rings. The Labute approximate surface area is 114 Å². The Morgan fingerprint density at radius 1 is 1.26 bits per heavy atom. The molecule has 0 radical (unpaired) electrons. The molecule has 1 nitrogen and oxygen atoms in total. The number of benzene rings is 1. The van der Waals surface area contributed by atoms with Crippen molar-refractivity contribution in [2.24, 2.45) is 5.92 Å². The standard InChI is InChI=1S/C17H20FN/c1-2-13-3-7-15(8-4-13)16-9-5-14(6-10-16)11-17(18)12-19/h3-4,7-8,11,14,16H,2,5-6,9-10H2,1H3. The van der Waals surface area contributed by atoms with Crippen molar-refractivity contribution in [2.45, 2.75) is 44.9 Å². The van der Waals surface area contributed by atoms with E-state index in [9.17, 15) is 4.39 Å². The molecule has 1 saturated carbocycles. The number of hydrogen-bond acceptors (Lipinski definition) is 1. The van der Waals surface area contributed by atoms with Crippen LogP contribution >= 0.6 is 0 Å². The van der Waals surface area contributed by atoms with Gasteiger partial charge in [-0.15, -0.1) is 0 Å². The van der Waals surface area contributed by atoms with E-state index in [1.54, 1.807) is 6.07 Å². The highest BCUT2D eigenvalue weighted by molar-refractivity contribution is 5.26. The van der Waals surface area contributed by atoms with Crippen LogP contribution < -0.4 is 0 Å². The molecule has 19 heavy (non-hydrogen) atoms. The fourth-order valence-corrected chi connectivity index (χ4v) is 2.89. The summed E-state index contributed by atoms with van der Waals surface area (Å²) in [7, 11) is 0. The van der Waals surface area contributed by atoms with Crippen molar-refractivity contribution in [3.8, 4) is 6.07 Å². The van der Waals surface area contributed by atoms with Crippen LogP contribution in [-0.2, 0) is 6.42 Å². The lowest BCUT2D eigenvalue weighted by Crippen LogP contribution is -2.12. The monoisotopic (exact) mass is 257 g/mol. The van der Waals surface area contributed by atoms with Crippen LogP contribution in [-0.4, -0.2) is 0 Å². The zero-order valence-electron chi connectivity index (χ0n) is 11.4. The number of halogens is 1. The summed E-state index contributed by atoms with van der Waals surface area (Å²) in [6, 6.07) is 10.4. The highest BCUT2D eigenvalue weighted by atomic mass is 19.1. The molecular formula is C17H20FN. The number of rotatable bonds is 3. The second kappa shape index (κ2) is 6.52. The molecule has 2 heteroatoms. The number of hydrogen-bond donors (Lipinski definition) is 0. The molecule has 0 unspecified atom stereocenters. The highest BCUT2D eigenvalue weighted by Crippen LogP contribution is 2.36. The molecule has 0 N–H and O–H groups in total. The average molecular weight is 257 g/mol. The normalized spacial score (nSPS) is 23.9. The molecule has 0 atom stereocenters. The number of allylic oxidation sites excluding steroid dienone is 2. The summed E-state index contributed by atoms with van der Waals surface area (Å²) in [5.74, 6) is 0.210. The maximum absolute atomic E-state index is 12.9. The highest BCUT2D eigenvalue weighted by Gasteiger charge is 2.21. The zero-order chi connectivity index (χ0) is 13.7. The van der Waals surface area contributed by atoms with Crippen molar-refractivity contribution < 1.29 is 4.39 Å². The minimum absolute atomic E-state index is 0.241. The van der Waals surface area contributed by atoms with Gasteiger partial charge < -0.3 is 0 Å². The van der Waals surface area contributed by atoms with Crippen LogP contribution in [0.2, 0.25) is 0 Å². The van der Waals surface area contributed by atoms with Gasteiger partial charge in [-0.2, -0.15) is 9.65 Å². The lowest BCUT2D eigenvalue weighted by atomic mass is 9.78. The molecule has 0 heterocycles. The molecule has 0 amide bonds. The first-order valence-corrected chi connectivity index (χ1v) is 7.09. The van der Waals surface area contributed by atoms with Gasteiger partial charge in [0.25, 0.3) is 0 Å². The van der Waals surface area contributed by atoms with E-state index in [2.05, 4.69) is 31.2 Å². The Morgan fingerprint density at radius 2 is 1.89 bits per heavy atom. The summed E-state index contributed by atoms with van der Waals surface area (Å²) in [6.45, 7) is 2.16. The van der Waals surface area contributed by atoms with Crippen LogP contribution in [0, 0.1) is 17.2 Å². The van der Waals surface area contributed by atoms with Crippen LogP contribution in [0.5, 0.6) is 0 Å². The van der Waals surface area contributed by atoms with Gasteiger partial charge in [0.2, 0.25) is 0 Å². The summed E-state index contributed by atoms with van der Waals surface area (Å²) in [6.07, 6.45) is 6.71. The fraction of sp³-hybridized carbons (Fsp3) is 0.471. The molecule has 2 rings (SSSR count). The second-order valence-corrected chi connectivity index (χ2v) is 5.33. The third-order valence-corrected chi connectivity index (χ3v) is 4.12. The Morgan fingerprint density at radius 3 is 2.42 bits per heavy atom. The summed E-state index contributed by atoms with van der Waals surface area (Å²) >= 11 is 0. The van der Waals surface area contributed by atoms with Gasteiger partial charge in [0.05, 0.1) is 0 Å². The van der Waals surface area contributed by atoms with E-state index in [1.807, 2.05) is 0 Å². The first-order valence-electron chi connectivity index (χ1n) is 7.09. The van der Waals surface area contributed by atoms with E-state index >= 15 is 0 Å². The van der Waals surface area contributed by atoms with Crippen LogP contribution in [0.15, 0.2) is 36.2 Å². The average Bonchev–Trinajstić information content (AvgIpc) is 2.48. The van der Waals surface area contributed by atoms with Crippen LogP contribution in [0.1, 0.15) is 49.7 Å². The number of aryl methyl sites for hydroxylation is 1. The lowest BCUT2D eigenvalue weighted by molar-refractivity contribution is 0.372. The van der Waals surface area contributed by atoms with Crippen LogP contribution in [0.4, 0.5) is 4.39 Å². The third kappa shape index (κ3) is 3.67. The van der Waals surface area contributed by atoms with Crippen LogP contribution in [0.25, 0.3) is 0 Å². The van der Waals surface area contributed by atoms with Gasteiger partial charge in [0.1, 0.15) is 6.07 Å². The minimum atomic E-state index is -0.629. The van der Waals surface area contributed by atoms with Gasteiger partial charge in [-0.25, -0.2) is 0 Å². The minimum Gasteiger partial charge on any atom is -0.195 e. The number of nitriles is 1. The number of nitrogens with zero attached hydrogens (tertiary/aromatic N) is 1. The molecule has 100 valence electrons. The molecule has 1 aliphatic rings. The summed E-state index contributed by atoms with van der Waals surface area (Å²) in [5.41, 5.74) is 2.77. The van der Waals surface area contributed by atoms with E-state index in [0.29, 0.717) is 5.92 Å². The molecule has 0 aliphatic heterocycles. The van der Waals surface area contributed by atoms with E-state index in [0.717, 1.165) is 32.1 Å². The third-order valence-electron chi connectivity index (χ3n) is 4.12. The molecule has 0 spiro atoms. The summed E-state index contributed by atoms with van der Waals surface area (Å²) in [5, 5.41) is 8.45. The quantitative estimate of drug-likeness (QED) is 0.706. The van der Waals surface area contributed by atoms with Crippen molar-refractivity contribution in [2.75, 3.05) is 0 Å². The smallest absolute Gasteiger partial charge is 0.195 e. The molecule has 0 saturated heterocycles. The second-order valence-electron chi connectivity index (χ2n) is 5.33. The van der Waals surface area contributed by atoms with E-state index in [1.165, 1.54) is 17.2 Å². The molecule has 0 bridgehead atoms. The predicted molar refractivity (Wildman–Crippen MR) is 75.3 cm³/mol. The molecule has 0 aromatic heterocycles. The molecule has 1 aliphatic carbocycles. The predicted octanol–water partition coefficient (Wildman–Crippen LogP) is 4.90. The maximum Gasteiger partial charge on any atom is 0.196 e. The van der Waals surface area contributed by atoms with Crippen molar-refractivity contribution in [1.82, 2.24) is 0 Å². The van der Waals surface area contributed by atoms with Gasteiger partial charge in [0.15, 0.2) is 5.83 Å². The summed E-state index contributed by atoms with van der Waals surface area (Å²) in [4.78, 5) is 0. The SMILES string of the molecule is CCc1ccc(C2CCC(C=C(F)C#N)CC2)cc1. The van der Waals surface area contributed by atoms with E-state index < -0.39 is 5.83 Å². The Hall–Kier alpha value is -1.62. The maximum atomic E-state index is 12.9. The Bertz CT molecular complexity index is 473. The molecule has 1 aromatic carbocycles.